The SMILES string of the molecule is CC1OC(c2cncs2)=CN1c1ccccc1. The minimum Gasteiger partial charge on any atom is -0.467 e. The van der Waals surface area contributed by atoms with Crippen LogP contribution in [-0.2, 0) is 4.74 Å². The molecule has 1 atom stereocenters. The summed E-state index contributed by atoms with van der Waals surface area (Å²) in [5.74, 6) is 0.892. The van der Waals surface area contributed by atoms with Crippen molar-refractivity contribution in [3.63, 3.8) is 0 Å². The van der Waals surface area contributed by atoms with E-state index in [4.69, 9.17) is 4.74 Å². The third kappa shape index (κ3) is 1.91. The molecule has 1 aromatic carbocycles. The van der Waals surface area contributed by atoms with Gasteiger partial charge in [-0.3, -0.25) is 4.98 Å². The van der Waals surface area contributed by atoms with Crippen LogP contribution in [0.4, 0.5) is 5.69 Å². The first kappa shape index (κ1) is 10.4. The fourth-order valence-electron chi connectivity index (χ4n) is 1.85. The quantitative estimate of drug-likeness (QED) is 0.810. The lowest BCUT2D eigenvalue weighted by molar-refractivity contribution is 0.212. The number of para-hydroxylation sites is 1. The number of rotatable bonds is 2. The van der Waals surface area contributed by atoms with Crippen LogP contribution in [0.5, 0.6) is 0 Å². The summed E-state index contributed by atoms with van der Waals surface area (Å²) >= 11 is 1.59. The molecule has 0 radical (unpaired) electrons. The molecule has 0 saturated heterocycles. The van der Waals surface area contributed by atoms with Gasteiger partial charge in [-0.2, -0.15) is 0 Å². The number of benzene rings is 1. The molecule has 0 fully saturated rings. The Morgan fingerprint density at radius 2 is 2.12 bits per heavy atom. The third-order valence-electron chi connectivity index (χ3n) is 2.68. The van der Waals surface area contributed by atoms with E-state index in [0.29, 0.717) is 0 Å². The van der Waals surface area contributed by atoms with E-state index in [2.05, 4.69) is 22.0 Å². The molecule has 1 aromatic heterocycles. The molecule has 0 spiro atoms. The first-order valence-electron chi connectivity index (χ1n) is 5.45. The van der Waals surface area contributed by atoms with Crippen molar-refractivity contribution in [3.8, 4) is 0 Å². The normalized spacial score (nSPS) is 19.0. The average molecular weight is 244 g/mol. The molecule has 3 rings (SSSR count). The Morgan fingerprint density at radius 1 is 1.29 bits per heavy atom. The highest BCUT2D eigenvalue weighted by Crippen LogP contribution is 2.31. The Hall–Kier alpha value is -1.81. The molecule has 2 aromatic rings. The van der Waals surface area contributed by atoms with Crippen LogP contribution in [0.25, 0.3) is 5.76 Å². The molecular weight excluding hydrogens is 232 g/mol. The highest BCUT2D eigenvalue weighted by molar-refractivity contribution is 7.10. The first-order valence-corrected chi connectivity index (χ1v) is 6.33. The predicted octanol–water partition coefficient (Wildman–Crippen LogP) is 3.32. The Morgan fingerprint density at radius 3 is 2.82 bits per heavy atom. The van der Waals surface area contributed by atoms with Gasteiger partial charge in [0.2, 0.25) is 0 Å². The molecule has 1 aliphatic rings. The molecule has 0 saturated carbocycles. The minimum atomic E-state index is 0.0227. The van der Waals surface area contributed by atoms with Crippen LogP contribution in [0.2, 0.25) is 0 Å². The monoisotopic (exact) mass is 244 g/mol. The molecule has 3 nitrogen and oxygen atoms in total. The summed E-state index contributed by atoms with van der Waals surface area (Å²) in [7, 11) is 0. The molecule has 1 unspecified atom stereocenters. The molecule has 86 valence electrons. The standard InChI is InChI=1S/C13H12N2OS/c1-10-15(11-5-3-2-4-6-11)8-12(16-10)13-7-14-9-17-13/h2-10H,1H3. The second-order valence-electron chi connectivity index (χ2n) is 3.82. The highest BCUT2D eigenvalue weighted by Gasteiger charge is 2.24. The van der Waals surface area contributed by atoms with Crippen LogP contribution in [0.1, 0.15) is 11.8 Å². The topological polar surface area (TPSA) is 25.4 Å². The van der Waals surface area contributed by atoms with Gasteiger partial charge in [0.05, 0.1) is 16.6 Å². The zero-order valence-electron chi connectivity index (χ0n) is 9.41. The molecule has 1 aliphatic heterocycles. The Labute approximate surface area is 104 Å². The van der Waals surface area contributed by atoms with Crippen molar-refractivity contribution in [2.24, 2.45) is 0 Å². The van der Waals surface area contributed by atoms with E-state index in [0.717, 1.165) is 16.3 Å². The van der Waals surface area contributed by atoms with E-state index >= 15 is 0 Å². The molecule has 0 N–H and O–H groups in total. The molecule has 4 heteroatoms. The zero-order chi connectivity index (χ0) is 11.7. The van der Waals surface area contributed by atoms with Gasteiger partial charge in [-0.15, -0.1) is 11.3 Å². The van der Waals surface area contributed by atoms with Crippen molar-refractivity contribution in [3.05, 3.63) is 53.1 Å². The molecule has 0 bridgehead atoms. The van der Waals surface area contributed by atoms with Crippen molar-refractivity contribution in [2.75, 3.05) is 4.90 Å². The van der Waals surface area contributed by atoms with Crippen molar-refractivity contribution >= 4 is 22.8 Å². The molecule has 0 aliphatic carbocycles. The number of anilines is 1. The lowest BCUT2D eigenvalue weighted by Gasteiger charge is -2.20. The van der Waals surface area contributed by atoms with E-state index in [1.807, 2.05) is 43.0 Å². The van der Waals surface area contributed by atoms with Crippen molar-refractivity contribution in [2.45, 2.75) is 13.2 Å². The minimum absolute atomic E-state index is 0.0227. The second kappa shape index (κ2) is 4.22. The summed E-state index contributed by atoms with van der Waals surface area (Å²) in [5.41, 5.74) is 2.95. The average Bonchev–Trinajstić information content (AvgIpc) is 2.99. The van der Waals surface area contributed by atoms with Gasteiger partial charge in [-0.05, 0) is 19.1 Å². The molecule has 0 amide bonds. The van der Waals surface area contributed by atoms with Crippen LogP contribution in [-0.4, -0.2) is 11.2 Å². The Balaban J connectivity index is 1.92. The van der Waals surface area contributed by atoms with Crippen LogP contribution in [0.15, 0.2) is 48.2 Å². The van der Waals surface area contributed by atoms with E-state index in [-0.39, 0.29) is 6.23 Å². The van der Waals surface area contributed by atoms with Gasteiger partial charge >= 0.3 is 0 Å². The molecule has 17 heavy (non-hydrogen) atoms. The number of hydrogen-bond donors (Lipinski definition) is 0. The largest absolute Gasteiger partial charge is 0.467 e. The van der Waals surface area contributed by atoms with Crippen molar-refractivity contribution in [1.82, 2.24) is 4.98 Å². The summed E-state index contributed by atoms with van der Waals surface area (Å²) in [6.45, 7) is 2.04. The van der Waals surface area contributed by atoms with Gasteiger partial charge in [0.25, 0.3) is 0 Å². The summed E-state index contributed by atoms with van der Waals surface area (Å²) in [5, 5.41) is 0. The van der Waals surface area contributed by atoms with E-state index in [1.165, 1.54) is 0 Å². The van der Waals surface area contributed by atoms with Gasteiger partial charge in [0.15, 0.2) is 12.0 Å². The zero-order valence-corrected chi connectivity index (χ0v) is 10.2. The van der Waals surface area contributed by atoms with Crippen molar-refractivity contribution < 1.29 is 4.74 Å². The Kier molecular flexibility index (Phi) is 2.57. The van der Waals surface area contributed by atoms with Crippen molar-refractivity contribution in [1.29, 1.82) is 0 Å². The van der Waals surface area contributed by atoms with E-state index in [1.54, 1.807) is 11.3 Å². The maximum Gasteiger partial charge on any atom is 0.173 e. The summed E-state index contributed by atoms with van der Waals surface area (Å²) in [6.07, 6.45) is 3.89. The van der Waals surface area contributed by atoms with Gasteiger partial charge in [-0.1, -0.05) is 18.2 Å². The number of hydrogen-bond acceptors (Lipinski definition) is 4. The fraction of sp³-hybridized carbons (Fsp3) is 0.154. The molecular formula is C13H12N2OS. The third-order valence-corrected chi connectivity index (χ3v) is 3.46. The lowest BCUT2D eigenvalue weighted by Crippen LogP contribution is -2.23. The summed E-state index contributed by atoms with van der Waals surface area (Å²) < 4.78 is 5.83. The first-order chi connectivity index (χ1) is 8.34. The van der Waals surface area contributed by atoms with Crippen LogP contribution in [0, 0.1) is 0 Å². The number of thiazole rings is 1. The molecule has 2 heterocycles. The highest BCUT2D eigenvalue weighted by atomic mass is 32.1. The van der Waals surface area contributed by atoms with Crippen LogP contribution in [0.3, 0.4) is 0 Å². The van der Waals surface area contributed by atoms with Gasteiger partial charge in [0.1, 0.15) is 0 Å². The van der Waals surface area contributed by atoms with Gasteiger partial charge in [-0.25, -0.2) is 0 Å². The lowest BCUT2D eigenvalue weighted by atomic mass is 10.3. The maximum atomic E-state index is 5.83. The van der Waals surface area contributed by atoms with Gasteiger partial charge in [0, 0.05) is 11.9 Å². The van der Waals surface area contributed by atoms with E-state index in [9.17, 15) is 0 Å². The number of aromatic nitrogens is 1. The number of ether oxygens (including phenoxy) is 1. The Bertz CT molecular complexity index is 522. The van der Waals surface area contributed by atoms with E-state index < -0.39 is 0 Å². The van der Waals surface area contributed by atoms with Gasteiger partial charge < -0.3 is 9.64 Å². The smallest absolute Gasteiger partial charge is 0.173 e. The fourth-order valence-corrected chi connectivity index (χ4v) is 2.42. The van der Waals surface area contributed by atoms with Crippen LogP contribution >= 0.6 is 11.3 Å². The summed E-state index contributed by atoms with van der Waals surface area (Å²) in [4.78, 5) is 7.25. The van der Waals surface area contributed by atoms with Crippen LogP contribution < -0.4 is 4.90 Å². The number of nitrogens with zero attached hydrogens (tertiary/aromatic N) is 2. The second-order valence-corrected chi connectivity index (χ2v) is 4.71. The predicted molar refractivity (Wildman–Crippen MR) is 69.6 cm³/mol. The summed E-state index contributed by atoms with van der Waals surface area (Å²) in [6, 6.07) is 10.2. The maximum absolute atomic E-state index is 5.83.